The zero-order valence-corrected chi connectivity index (χ0v) is 9.74. The third-order valence-electron chi connectivity index (χ3n) is 1.73. The van der Waals surface area contributed by atoms with Crippen LogP contribution in [0.25, 0.3) is 10.9 Å². The number of aromatic amines is 1. The Kier molecular flexibility index (Phi) is 2.72. The van der Waals surface area contributed by atoms with Gasteiger partial charge in [0.25, 0.3) is 0 Å². The van der Waals surface area contributed by atoms with Crippen LogP contribution in [-0.4, -0.2) is 11.0 Å². The number of halogens is 1. The van der Waals surface area contributed by atoms with Crippen LogP contribution in [-0.2, 0) is 7.86 Å². The Morgan fingerprint density at radius 2 is 2.21 bits per heavy atom. The van der Waals surface area contributed by atoms with Crippen molar-refractivity contribution in [3.8, 4) is 0 Å². The Morgan fingerprint density at radius 1 is 1.43 bits per heavy atom. The number of nitrogens with one attached hydrogen (secondary N) is 1. The van der Waals surface area contributed by atoms with Gasteiger partial charge >= 0.3 is 92.3 Å². The summed E-state index contributed by atoms with van der Waals surface area (Å²) >= 11 is -0.667. The van der Waals surface area contributed by atoms with Gasteiger partial charge in [-0.05, 0) is 0 Å². The van der Waals surface area contributed by atoms with Crippen LogP contribution in [0.3, 0.4) is 0 Å². The molecule has 3 nitrogen and oxygen atoms in total. The molecule has 74 valence electrons. The van der Waals surface area contributed by atoms with Crippen molar-refractivity contribution in [3.63, 3.8) is 0 Å². The van der Waals surface area contributed by atoms with Gasteiger partial charge in [0.15, 0.2) is 0 Å². The molecule has 0 bridgehead atoms. The maximum absolute atomic E-state index is 10.6. The number of hydrogen-bond donors (Lipinski definition) is 1. The van der Waals surface area contributed by atoms with Gasteiger partial charge in [-0.1, -0.05) is 0 Å². The second-order valence-corrected chi connectivity index (χ2v) is 4.89. The Hall–Kier alpha value is -1.04. The Labute approximate surface area is 92.3 Å². The van der Waals surface area contributed by atoms with E-state index in [1.54, 1.807) is 0 Å². The second-order valence-electron chi connectivity index (χ2n) is 2.85. The minimum atomic E-state index is -0.667. The van der Waals surface area contributed by atoms with Crippen molar-refractivity contribution in [2.75, 3.05) is 0 Å². The van der Waals surface area contributed by atoms with Crippen LogP contribution in [0.4, 0.5) is 0 Å². The van der Waals surface area contributed by atoms with E-state index < -0.39 is 21.6 Å². The summed E-state index contributed by atoms with van der Waals surface area (Å²) in [5.74, 6) is -0.212. The van der Waals surface area contributed by atoms with Crippen molar-refractivity contribution in [2.45, 2.75) is 6.92 Å². The number of rotatable bonds is 2. The maximum atomic E-state index is 10.6. The summed E-state index contributed by atoms with van der Waals surface area (Å²) in [7, 11) is 0. The SMILES string of the molecule is CC(=O)O[I-]c1cc2ccccc2[nH]1. The Bertz CT molecular complexity index is 431. The summed E-state index contributed by atoms with van der Waals surface area (Å²) in [5.41, 5.74) is 1.09. The molecule has 0 radical (unpaired) electrons. The summed E-state index contributed by atoms with van der Waals surface area (Å²) in [6.45, 7) is 1.43. The van der Waals surface area contributed by atoms with Gasteiger partial charge in [0, 0.05) is 0 Å². The number of hydrogen-bond acceptors (Lipinski definition) is 2. The summed E-state index contributed by atoms with van der Waals surface area (Å²) in [6, 6.07) is 10.0. The van der Waals surface area contributed by atoms with E-state index in [0.29, 0.717) is 0 Å². The van der Waals surface area contributed by atoms with Gasteiger partial charge in [-0.2, -0.15) is 0 Å². The van der Waals surface area contributed by atoms with E-state index in [1.165, 1.54) is 6.92 Å². The molecule has 0 saturated carbocycles. The topological polar surface area (TPSA) is 42.1 Å². The van der Waals surface area contributed by atoms with E-state index in [-0.39, 0.29) is 5.97 Å². The fourth-order valence-electron chi connectivity index (χ4n) is 1.18. The minimum absolute atomic E-state index is 0.212. The number of H-pyrrole nitrogens is 1. The summed E-state index contributed by atoms with van der Waals surface area (Å²) in [6.07, 6.45) is 0. The summed E-state index contributed by atoms with van der Waals surface area (Å²) in [5, 5.41) is 1.16. The number of para-hydroxylation sites is 1. The quantitative estimate of drug-likeness (QED) is 0.716. The van der Waals surface area contributed by atoms with Crippen molar-refractivity contribution < 1.29 is 29.5 Å². The van der Waals surface area contributed by atoms with E-state index >= 15 is 0 Å². The van der Waals surface area contributed by atoms with Crippen LogP contribution in [0.1, 0.15) is 6.92 Å². The van der Waals surface area contributed by atoms with Gasteiger partial charge in [0.2, 0.25) is 0 Å². The molecule has 0 aliphatic rings. The Balaban J connectivity index is 2.22. The van der Waals surface area contributed by atoms with Crippen LogP contribution < -0.4 is 21.6 Å². The van der Waals surface area contributed by atoms with Crippen molar-refractivity contribution in [1.29, 1.82) is 0 Å². The molecular weight excluding hydrogens is 293 g/mol. The molecule has 0 amide bonds. The number of carbonyl (C=O) groups is 1. The van der Waals surface area contributed by atoms with E-state index in [2.05, 4.69) is 4.98 Å². The van der Waals surface area contributed by atoms with Crippen LogP contribution >= 0.6 is 0 Å². The van der Waals surface area contributed by atoms with Gasteiger partial charge in [0.05, 0.1) is 0 Å². The number of carbonyl (C=O) groups excluding carboxylic acids is 1. The fraction of sp³-hybridized carbons (Fsp3) is 0.100. The first kappa shape index (κ1) is 9.51. The molecule has 0 aliphatic carbocycles. The molecule has 0 spiro atoms. The van der Waals surface area contributed by atoms with E-state index in [4.69, 9.17) is 3.07 Å². The monoisotopic (exact) mass is 302 g/mol. The van der Waals surface area contributed by atoms with Gasteiger partial charge in [0.1, 0.15) is 0 Å². The van der Waals surface area contributed by atoms with Gasteiger partial charge in [-0.25, -0.2) is 0 Å². The van der Waals surface area contributed by atoms with Crippen LogP contribution in [0.2, 0.25) is 0 Å². The third kappa shape index (κ3) is 2.06. The molecule has 1 N–H and O–H groups in total. The molecule has 2 rings (SSSR count). The van der Waals surface area contributed by atoms with Gasteiger partial charge in [-0.15, -0.1) is 0 Å². The summed E-state index contributed by atoms with van der Waals surface area (Å²) in [4.78, 5) is 13.8. The molecule has 0 saturated heterocycles. The molecule has 1 aromatic heterocycles. The molecule has 0 atom stereocenters. The van der Waals surface area contributed by atoms with E-state index in [0.717, 1.165) is 14.6 Å². The van der Waals surface area contributed by atoms with Crippen LogP contribution in [0.5, 0.6) is 0 Å². The zero-order valence-electron chi connectivity index (χ0n) is 7.58. The normalized spacial score (nSPS) is 10.6. The molecule has 4 heteroatoms. The van der Waals surface area contributed by atoms with Crippen molar-refractivity contribution >= 4 is 16.9 Å². The molecule has 0 unspecified atom stereocenters. The van der Waals surface area contributed by atoms with Crippen molar-refractivity contribution in [2.24, 2.45) is 0 Å². The first-order valence-electron chi connectivity index (χ1n) is 4.16. The zero-order chi connectivity index (χ0) is 9.97. The first-order chi connectivity index (χ1) is 6.75. The molecule has 1 aromatic carbocycles. The van der Waals surface area contributed by atoms with Gasteiger partial charge in [-0.3, -0.25) is 0 Å². The van der Waals surface area contributed by atoms with E-state index in [9.17, 15) is 4.79 Å². The van der Waals surface area contributed by atoms with Crippen molar-refractivity contribution in [3.05, 3.63) is 34.0 Å². The standard InChI is InChI=1S/C10H9INO2/c1-7(13)14-11-10-6-8-4-2-3-5-9(8)12-10/h2-6,12H,1H3/q-1. The molecule has 14 heavy (non-hydrogen) atoms. The first-order valence-corrected chi connectivity index (χ1v) is 6.12. The van der Waals surface area contributed by atoms with Crippen LogP contribution in [0.15, 0.2) is 30.3 Å². The van der Waals surface area contributed by atoms with Gasteiger partial charge < -0.3 is 0 Å². The number of fused-ring (bicyclic) bond motifs is 1. The second kappa shape index (κ2) is 4.00. The third-order valence-corrected chi connectivity index (χ3v) is 3.62. The predicted octanol–water partition coefficient (Wildman–Crippen LogP) is -1.10. The summed E-state index contributed by atoms with van der Waals surface area (Å²) < 4.78 is 6.03. The molecule has 2 aromatic rings. The molecule has 0 fully saturated rings. The molecular formula is C10H9INO2-. The number of benzene rings is 1. The van der Waals surface area contributed by atoms with E-state index in [1.807, 2.05) is 30.3 Å². The molecule has 0 aliphatic heterocycles. The van der Waals surface area contributed by atoms with Crippen molar-refractivity contribution in [1.82, 2.24) is 4.98 Å². The Morgan fingerprint density at radius 3 is 2.93 bits per heavy atom. The number of aromatic nitrogens is 1. The van der Waals surface area contributed by atoms with Crippen LogP contribution in [0, 0.1) is 3.70 Å². The predicted molar refractivity (Wildman–Crippen MR) is 48.8 cm³/mol. The average molecular weight is 302 g/mol. The average Bonchev–Trinajstić information content (AvgIpc) is 2.57. The fourth-order valence-corrected chi connectivity index (χ4v) is 2.59. The molecule has 1 heterocycles.